The maximum atomic E-state index is 14.3. The number of sulfone groups is 2. The smallest absolute Gasteiger partial charge is 0.246 e. The Balaban J connectivity index is 1.15. The van der Waals surface area contributed by atoms with Crippen LogP contribution in [0.3, 0.4) is 0 Å². The van der Waals surface area contributed by atoms with Crippen LogP contribution < -0.4 is 16.0 Å². The number of rotatable bonds is 26. The molecule has 19 heteroatoms. The number of hydrogen-bond acceptors (Lipinski definition) is 11. The van der Waals surface area contributed by atoms with E-state index in [1.54, 1.807) is 45.7 Å². The Morgan fingerprint density at radius 3 is 1.37 bits per heavy atom. The summed E-state index contributed by atoms with van der Waals surface area (Å²) in [5, 5.41) is 9.82. The predicted octanol–water partition coefficient (Wildman–Crippen LogP) is 7.01. The molecule has 82 heavy (non-hydrogen) atoms. The number of benzene rings is 4. The van der Waals surface area contributed by atoms with E-state index in [1.165, 1.54) is 24.3 Å². The number of fused-ring (bicyclic) bond motifs is 1. The third kappa shape index (κ3) is 17.4. The van der Waals surface area contributed by atoms with Gasteiger partial charge in [-0.1, -0.05) is 128 Å². The molecule has 4 aromatic rings. The zero-order valence-electron chi connectivity index (χ0n) is 49.9. The molecule has 6 rings (SSSR count). The lowest BCUT2D eigenvalue weighted by atomic mass is 9.85. The lowest BCUT2D eigenvalue weighted by molar-refractivity contribution is -0.142. The van der Waals surface area contributed by atoms with E-state index < -0.39 is 66.0 Å². The molecule has 2 fully saturated rings. The van der Waals surface area contributed by atoms with Crippen LogP contribution in [0.15, 0.2) is 107 Å². The van der Waals surface area contributed by atoms with Crippen LogP contribution in [0.2, 0.25) is 0 Å². The van der Waals surface area contributed by atoms with Crippen molar-refractivity contribution in [2.75, 3.05) is 57.8 Å². The van der Waals surface area contributed by atoms with E-state index in [4.69, 9.17) is 0 Å². The van der Waals surface area contributed by atoms with Crippen LogP contribution in [0.4, 0.5) is 0 Å². The largest absolute Gasteiger partial charge is 0.344 e. The standard InChI is InChI=1S/C63H89N7O10S2/c1-11-44(2)58(73)65-56(62(4,5)6)60(75)69-34-18-24-50(69)42-67(36-30-46-20-14-12-15-21-46)54(71)32-38-81(77,78)52-28-26-48-27-29-53(41-49(48)40-52)82(79,80)39-33-55(72)68(37-31-47-22-16-13-17-23-47)43-51-25-19-35-70(51)61(76)57(63(7,8)9)66-59(74)45(3)64-10/h12-17,20-23,26-29,40-41,44-45,50-51,56-57,64H,11,18-19,24-25,30-39,42-43H2,1-10H3,(H,65,73)(H,66,74)/t44-,45+,50+,51+,56-,57-/m1/s1. The number of carbonyl (C=O) groups excluding carboxylic acids is 6. The quantitative estimate of drug-likeness (QED) is 0.0581. The van der Waals surface area contributed by atoms with Crippen LogP contribution in [-0.2, 0) is 61.3 Å². The number of nitrogens with one attached hydrogen (secondary N) is 3. The minimum absolute atomic E-state index is 0.0780. The fraction of sp³-hybridized carbons (Fsp3) is 0.556. The van der Waals surface area contributed by atoms with Crippen molar-refractivity contribution in [1.29, 1.82) is 0 Å². The Kier molecular flexibility index (Phi) is 22.5. The van der Waals surface area contributed by atoms with Crippen LogP contribution in [0.25, 0.3) is 10.8 Å². The SMILES string of the molecule is CC[C@@H](C)C(=O)N[C@H](C(=O)N1CCC[C@H]1CN(CCc1ccccc1)C(=O)CCS(=O)(=O)c1ccc2ccc(S(=O)(=O)CCC(=O)N(CCc3ccccc3)C[C@@H]3CCCN3C(=O)[C@@H](NC(=O)[C@H](C)NC)C(C)(C)C)cc2c1)C(C)(C)C. The average Bonchev–Trinajstić information content (AvgIpc) is 4.25. The first-order valence-electron chi connectivity index (χ1n) is 29.1. The van der Waals surface area contributed by atoms with E-state index in [2.05, 4.69) is 16.0 Å². The second kappa shape index (κ2) is 28.4. The van der Waals surface area contributed by atoms with Crippen molar-refractivity contribution in [1.82, 2.24) is 35.6 Å². The van der Waals surface area contributed by atoms with E-state index in [0.717, 1.165) is 11.1 Å². The normalized spacial score (nSPS) is 17.4. The van der Waals surface area contributed by atoms with Crippen LogP contribution in [0.5, 0.6) is 0 Å². The summed E-state index contributed by atoms with van der Waals surface area (Å²) in [6.07, 6.45) is 3.62. The first-order chi connectivity index (χ1) is 38.6. The maximum absolute atomic E-state index is 14.3. The fourth-order valence-corrected chi connectivity index (χ4v) is 13.2. The van der Waals surface area contributed by atoms with Gasteiger partial charge in [0.2, 0.25) is 35.4 Å². The zero-order valence-corrected chi connectivity index (χ0v) is 51.5. The summed E-state index contributed by atoms with van der Waals surface area (Å²) in [5.41, 5.74) is 0.772. The maximum Gasteiger partial charge on any atom is 0.246 e. The number of likely N-dealkylation sites (N-methyl/N-ethyl adjacent to an activating group) is 1. The van der Waals surface area contributed by atoms with Crippen molar-refractivity contribution in [2.45, 2.75) is 160 Å². The number of nitrogens with zero attached hydrogens (tertiary/aromatic N) is 4. The lowest BCUT2D eigenvalue weighted by Crippen LogP contribution is -2.59. The second-order valence-corrected chi connectivity index (χ2v) is 28.8. The highest BCUT2D eigenvalue weighted by molar-refractivity contribution is 7.91. The Morgan fingerprint density at radius 2 is 0.988 bits per heavy atom. The minimum Gasteiger partial charge on any atom is -0.344 e. The summed E-state index contributed by atoms with van der Waals surface area (Å²) in [6.45, 7) is 18.7. The second-order valence-electron chi connectivity index (χ2n) is 24.5. The molecule has 2 saturated heterocycles. The number of hydrogen-bond donors (Lipinski definition) is 3. The molecule has 0 aromatic heterocycles. The Hall–Kier alpha value is -6.18. The lowest BCUT2D eigenvalue weighted by Gasteiger charge is -2.37. The van der Waals surface area contributed by atoms with E-state index in [-0.39, 0.29) is 96.3 Å². The van der Waals surface area contributed by atoms with E-state index in [9.17, 15) is 45.6 Å². The molecular weight excluding hydrogens is 1080 g/mol. The molecule has 2 aliphatic heterocycles. The molecule has 6 atom stereocenters. The topological polar surface area (TPSA) is 220 Å². The molecule has 0 saturated carbocycles. The molecule has 3 N–H and O–H groups in total. The molecule has 0 aliphatic carbocycles. The van der Waals surface area contributed by atoms with Gasteiger partial charge in [-0.2, -0.15) is 0 Å². The van der Waals surface area contributed by atoms with Crippen molar-refractivity contribution in [2.24, 2.45) is 16.7 Å². The highest BCUT2D eigenvalue weighted by Crippen LogP contribution is 2.30. The van der Waals surface area contributed by atoms with Crippen LogP contribution >= 0.6 is 0 Å². The van der Waals surface area contributed by atoms with Crippen LogP contribution in [-0.4, -0.2) is 160 Å². The van der Waals surface area contributed by atoms with Crippen molar-refractivity contribution >= 4 is 65.9 Å². The van der Waals surface area contributed by atoms with Crippen molar-refractivity contribution in [3.8, 4) is 0 Å². The summed E-state index contributed by atoms with van der Waals surface area (Å²) in [5.74, 6) is -3.03. The zero-order chi connectivity index (χ0) is 60.2. The van der Waals surface area contributed by atoms with Gasteiger partial charge in [0.25, 0.3) is 0 Å². The van der Waals surface area contributed by atoms with Crippen LogP contribution in [0.1, 0.15) is 118 Å². The number of carbonyl (C=O) groups is 6. The molecule has 0 radical (unpaired) electrons. The van der Waals surface area contributed by atoms with Gasteiger partial charge >= 0.3 is 0 Å². The molecule has 2 heterocycles. The molecular formula is C63H89N7O10S2. The fourth-order valence-electron chi connectivity index (χ4n) is 10.7. The third-order valence-corrected chi connectivity index (χ3v) is 19.7. The highest BCUT2D eigenvalue weighted by atomic mass is 32.2. The first kappa shape index (κ1) is 65.0. The summed E-state index contributed by atoms with van der Waals surface area (Å²) in [4.78, 5) is 90.0. The van der Waals surface area contributed by atoms with Crippen molar-refractivity contribution in [3.05, 3.63) is 108 Å². The van der Waals surface area contributed by atoms with Gasteiger partial charge in [-0.25, -0.2) is 16.8 Å². The summed E-state index contributed by atoms with van der Waals surface area (Å²) in [6, 6.07) is 25.4. The van der Waals surface area contributed by atoms with Gasteiger partial charge in [0, 0.05) is 70.1 Å². The summed E-state index contributed by atoms with van der Waals surface area (Å²) >= 11 is 0. The highest BCUT2D eigenvalue weighted by Gasteiger charge is 2.43. The van der Waals surface area contributed by atoms with E-state index in [1.807, 2.05) is 116 Å². The van der Waals surface area contributed by atoms with Gasteiger partial charge < -0.3 is 35.6 Å². The van der Waals surface area contributed by atoms with Crippen LogP contribution in [0, 0.1) is 16.7 Å². The molecule has 0 spiro atoms. The average molecular weight is 1170 g/mol. The van der Waals surface area contributed by atoms with Crippen molar-refractivity contribution in [3.63, 3.8) is 0 Å². The first-order valence-corrected chi connectivity index (χ1v) is 32.5. The van der Waals surface area contributed by atoms with Gasteiger partial charge in [0.05, 0.1) is 27.3 Å². The molecule has 6 amide bonds. The van der Waals surface area contributed by atoms with Crippen molar-refractivity contribution < 1.29 is 45.6 Å². The molecule has 0 bridgehead atoms. The Bertz CT molecular complexity index is 2890. The van der Waals surface area contributed by atoms with E-state index >= 15 is 0 Å². The van der Waals surface area contributed by atoms with Gasteiger partial charge in [0.1, 0.15) is 12.1 Å². The molecule has 4 aromatic carbocycles. The molecule has 0 unspecified atom stereocenters. The summed E-state index contributed by atoms with van der Waals surface area (Å²) < 4.78 is 56.6. The Labute approximate surface area is 487 Å². The number of amides is 6. The molecule has 17 nitrogen and oxygen atoms in total. The van der Waals surface area contributed by atoms with Gasteiger partial charge in [-0.15, -0.1) is 0 Å². The molecule has 448 valence electrons. The van der Waals surface area contributed by atoms with Gasteiger partial charge in [-0.3, -0.25) is 28.8 Å². The molecule has 2 aliphatic rings. The van der Waals surface area contributed by atoms with E-state index in [0.29, 0.717) is 68.8 Å². The third-order valence-electron chi connectivity index (χ3n) is 16.3. The minimum atomic E-state index is -4.09. The predicted molar refractivity (Wildman–Crippen MR) is 321 cm³/mol. The number of likely N-dealkylation sites (tertiary alicyclic amines) is 2. The monoisotopic (exact) mass is 1170 g/mol. The van der Waals surface area contributed by atoms with Gasteiger partial charge in [0.15, 0.2) is 19.7 Å². The van der Waals surface area contributed by atoms with Gasteiger partial charge in [-0.05, 0) is 116 Å². The summed E-state index contributed by atoms with van der Waals surface area (Å²) in [7, 11) is -6.51. The Morgan fingerprint density at radius 1 is 0.585 bits per heavy atom.